The van der Waals surface area contributed by atoms with Gasteiger partial charge in [0.05, 0.1) is 12.4 Å². The van der Waals surface area contributed by atoms with Crippen LogP contribution >= 0.6 is 0 Å². The summed E-state index contributed by atoms with van der Waals surface area (Å²) in [5, 5.41) is 3.24. The van der Waals surface area contributed by atoms with Gasteiger partial charge in [0.2, 0.25) is 0 Å². The van der Waals surface area contributed by atoms with Gasteiger partial charge in [-0.3, -0.25) is 0 Å². The van der Waals surface area contributed by atoms with Crippen LogP contribution in [0, 0.1) is 13.8 Å². The first-order valence-electron chi connectivity index (χ1n) is 8.29. The van der Waals surface area contributed by atoms with Gasteiger partial charge < -0.3 is 8.83 Å². The van der Waals surface area contributed by atoms with E-state index in [1.165, 1.54) is 5.56 Å². The van der Waals surface area contributed by atoms with E-state index in [2.05, 4.69) is 36.2 Å². The molecule has 3 aromatic heterocycles. The van der Waals surface area contributed by atoms with Gasteiger partial charge in [-0.05, 0) is 30.7 Å². The first kappa shape index (κ1) is 14.2. The summed E-state index contributed by atoms with van der Waals surface area (Å²) in [5.41, 5.74) is 6.14. The van der Waals surface area contributed by atoms with E-state index in [0.29, 0.717) is 5.78 Å². The average Bonchev–Trinajstić information content (AvgIpc) is 3.12. The summed E-state index contributed by atoms with van der Waals surface area (Å²) in [7, 11) is 2.01. The largest absolute Gasteiger partial charge is 0.425 e. The quantitative estimate of drug-likeness (QED) is 0.413. The molecule has 0 spiro atoms. The zero-order chi connectivity index (χ0) is 17.1. The highest BCUT2D eigenvalue weighted by Gasteiger charge is 2.19. The second kappa shape index (κ2) is 4.93. The van der Waals surface area contributed by atoms with Crippen LogP contribution in [0.1, 0.15) is 11.3 Å². The van der Waals surface area contributed by atoms with E-state index in [1.807, 2.05) is 43.1 Å². The first-order chi connectivity index (χ1) is 12.1. The van der Waals surface area contributed by atoms with Gasteiger partial charge in [-0.2, -0.15) is 0 Å². The predicted octanol–water partition coefficient (Wildman–Crippen LogP) is 4.84. The lowest BCUT2D eigenvalue weighted by Crippen LogP contribution is -2.31. The van der Waals surface area contributed by atoms with Crippen LogP contribution < -0.4 is 4.57 Å². The Bertz CT molecular complexity index is 1280. The molecule has 0 unspecified atom stereocenters. The number of furan rings is 2. The van der Waals surface area contributed by atoms with Crippen LogP contribution in [0.15, 0.2) is 57.6 Å². The topological polar surface area (TPSA) is 43.0 Å². The number of hydrogen-bond donors (Lipinski definition) is 0. The van der Waals surface area contributed by atoms with Gasteiger partial charge in [-0.1, -0.05) is 23.2 Å². The van der Waals surface area contributed by atoms with Crippen LogP contribution in [0.2, 0.25) is 0 Å². The summed E-state index contributed by atoms with van der Waals surface area (Å²) in [6.07, 6.45) is 1.84. The lowest BCUT2D eigenvalue weighted by molar-refractivity contribution is -0.663. The van der Waals surface area contributed by atoms with E-state index in [4.69, 9.17) is 8.83 Å². The molecule has 25 heavy (non-hydrogen) atoms. The summed E-state index contributed by atoms with van der Waals surface area (Å²) in [6, 6.07) is 14.4. The molecule has 4 heteroatoms. The Balaban J connectivity index is 1.85. The van der Waals surface area contributed by atoms with E-state index < -0.39 is 0 Å². The fraction of sp³-hybridized carbons (Fsp3) is 0.143. The highest BCUT2D eigenvalue weighted by atomic mass is 16.5. The molecule has 0 atom stereocenters. The van der Waals surface area contributed by atoms with Crippen molar-refractivity contribution in [1.82, 2.24) is 4.98 Å². The molecule has 0 amide bonds. The predicted molar refractivity (Wildman–Crippen MR) is 97.4 cm³/mol. The Labute approximate surface area is 144 Å². The lowest BCUT2D eigenvalue weighted by atomic mass is 10.0. The van der Waals surface area contributed by atoms with Gasteiger partial charge >= 0.3 is 0 Å². The Kier molecular flexibility index (Phi) is 2.80. The number of hydrogen-bond acceptors (Lipinski definition) is 3. The minimum atomic E-state index is 0.586. The van der Waals surface area contributed by atoms with Crippen LogP contribution in [0.3, 0.4) is 0 Å². The molecule has 0 saturated carbocycles. The summed E-state index contributed by atoms with van der Waals surface area (Å²) in [5.74, 6) is 0.586. The third kappa shape index (κ3) is 2.00. The third-order valence-electron chi connectivity index (χ3n) is 4.80. The van der Waals surface area contributed by atoms with Crippen molar-refractivity contribution in [2.24, 2.45) is 7.05 Å². The van der Waals surface area contributed by atoms with Crippen molar-refractivity contribution in [1.29, 1.82) is 0 Å². The zero-order valence-corrected chi connectivity index (χ0v) is 14.3. The fourth-order valence-corrected chi connectivity index (χ4v) is 3.54. The van der Waals surface area contributed by atoms with Crippen molar-refractivity contribution < 1.29 is 13.4 Å². The molecule has 5 aromatic rings. The Morgan fingerprint density at radius 2 is 1.72 bits per heavy atom. The SMILES string of the molecule is Cc1cc(-c2cc3oc4oc5ccccc5c4c3cc2C)[n+](C)cn1. The van der Waals surface area contributed by atoms with Gasteiger partial charge in [-0.25, -0.2) is 4.57 Å². The second-order valence-corrected chi connectivity index (χ2v) is 6.55. The van der Waals surface area contributed by atoms with Crippen molar-refractivity contribution in [3.8, 4) is 11.3 Å². The molecule has 0 aliphatic carbocycles. The van der Waals surface area contributed by atoms with Gasteiger partial charge in [0, 0.05) is 29.3 Å². The summed E-state index contributed by atoms with van der Waals surface area (Å²) in [4.78, 5) is 4.34. The molecule has 122 valence electrons. The number of rotatable bonds is 1. The van der Waals surface area contributed by atoms with E-state index in [9.17, 15) is 0 Å². The highest BCUT2D eigenvalue weighted by Crippen LogP contribution is 2.39. The molecule has 0 radical (unpaired) electrons. The Hall–Kier alpha value is -3.14. The van der Waals surface area contributed by atoms with E-state index in [1.54, 1.807) is 0 Å². The molecular formula is C21H17N2O2+. The van der Waals surface area contributed by atoms with Crippen molar-refractivity contribution in [3.63, 3.8) is 0 Å². The summed E-state index contributed by atoms with van der Waals surface area (Å²) < 4.78 is 13.9. The van der Waals surface area contributed by atoms with E-state index in [-0.39, 0.29) is 0 Å². The zero-order valence-electron chi connectivity index (χ0n) is 14.3. The average molecular weight is 329 g/mol. The van der Waals surface area contributed by atoms with Crippen LogP contribution in [0.25, 0.3) is 44.4 Å². The van der Waals surface area contributed by atoms with Crippen LogP contribution in [0.5, 0.6) is 0 Å². The minimum Gasteiger partial charge on any atom is -0.425 e. The lowest BCUT2D eigenvalue weighted by Gasteiger charge is -2.06. The van der Waals surface area contributed by atoms with Crippen molar-refractivity contribution in [2.45, 2.75) is 13.8 Å². The molecule has 5 rings (SSSR count). The number of fused-ring (bicyclic) bond motifs is 5. The second-order valence-electron chi connectivity index (χ2n) is 6.55. The van der Waals surface area contributed by atoms with Gasteiger partial charge in [0.1, 0.15) is 16.9 Å². The number of nitrogens with zero attached hydrogens (tertiary/aromatic N) is 2. The number of benzene rings is 2. The molecule has 4 nitrogen and oxygen atoms in total. The van der Waals surface area contributed by atoms with Gasteiger partial charge in [0.25, 0.3) is 12.1 Å². The van der Waals surface area contributed by atoms with E-state index >= 15 is 0 Å². The van der Waals surface area contributed by atoms with Crippen molar-refractivity contribution in [3.05, 3.63) is 60.0 Å². The normalized spacial score (nSPS) is 11.8. The molecule has 3 heterocycles. The smallest absolute Gasteiger partial charge is 0.299 e. The molecular weight excluding hydrogens is 312 g/mol. The molecule has 2 aromatic carbocycles. The Morgan fingerprint density at radius 3 is 2.60 bits per heavy atom. The molecule has 0 saturated heterocycles. The van der Waals surface area contributed by atoms with E-state index in [0.717, 1.165) is 44.3 Å². The maximum atomic E-state index is 6.03. The monoisotopic (exact) mass is 329 g/mol. The number of aromatic nitrogens is 2. The van der Waals surface area contributed by atoms with Crippen molar-refractivity contribution in [2.75, 3.05) is 0 Å². The molecule has 0 aliphatic heterocycles. The summed E-state index contributed by atoms with van der Waals surface area (Å²) >= 11 is 0. The first-order valence-corrected chi connectivity index (χ1v) is 8.29. The molecule has 0 fully saturated rings. The van der Waals surface area contributed by atoms with Gasteiger partial charge in [-0.15, -0.1) is 0 Å². The van der Waals surface area contributed by atoms with Crippen LogP contribution in [0.4, 0.5) is 0 Å². The minimum absolute atomic E-state index is 0.586. The van der Waals surface area contributed by atoms with Crippen LogP contribution in [-0.2, 0) is 7.05 Å². The third-order valence-corrected chi connectivity index (χ3v) is 4.80. The maximum Gasteiger partial charge on any atom is 0.299 e. The molecule has 0 aliphatic rings. The standard InChI is InChI=1S/C21H17N2O2/c1-12-8-16-19(10-15(12)17-9-13(2)22-11-23(17)3)25-21-20(16)14-6-4-5-7-18(14)24-21/h4-11H,1-3H3/q+1. The number of aryl methyl sites for hydroxylation is 3. The highest BCUT2D eigenvalue weighted by molar-refractivity contribution is 6.17. The number of para-hydroxylation sites is 1. The summed E-state index contributed by atoms with van der Waals surface area (Å²) in [6.45, 7) is 4.13. The molecule has 0 N–H and O–H groups in total. The van der Waals surface area contributed by atoms with Gasteiger partial charge in [0.15, 0.2) is 5.69 Å². The fourth-order valence-electron chi connectivity index (χ4n) is 3.54. The molecule has 0 bridgehead atoms. The Morgan fingerprint density at radius 1 is 0.920 bits per heavy atom. The maximum absolute atomic E-state index is 6.03. The van der Waals surface area contributed by atoms with Crippen LogP contribution in [-0.4, -0.2) is 4.98 Å². The van der Waals surface area contributed by atoms with Crippen molar-refractivity contribution >= 4 is 33.1 Å².